The number of hydrogen-bond acceptors (Lipinski definition) is 5. The van der Waals surface area contributed by atoms with Crippen molar-refractivity contribution in [1.29, 1.82) is 0 Å². The highest BCUT2D eigenvalue weighted by Gasteiger charge is 2.86. The van der Waals surface area contributed by atoms with Crippen molar-refractivity contribution in [3.05, 3.63) is 91.0 Å². The van der Waals surface area contributed by atoms with Gasteiger partial charge in [-0.1, -0.05) is 54.6 Å². The summed E-state index contributed by atoms with van der Waals surface area (Å²) in [6.45, 7) is 0. The molecule has 39 heavy (non-hydrogen) atoms. The Balaban J connectivity index is 0.000000273. The summed E-state index contributed by atoms with van der Waals surface area (Å²) in [7, 11) is -15.2. The van der Waals surface area contributed by atoms with Gasteiger partial charge in [0.2, 0.25) is 0 Å². The van der Waals surface area contributed by atoms with Gasteiger partial charge in [0.15, 0.2) is 24.8 Å². The first-order valence-corrected chi connectivity index (χ1v) is 14.1. The molecule has 1 N–H and O–H groups in total. The van der Waals surface area contributed by atoms with E-state index in [1.54, 1.807) is 0 Å². The van der Waals surface area contributed by atoms with Crippen LogP contribution in [0.3, 0.4) is 0 Å². The van der Waals surface area contributed by atoms with Crippen LogP contribution < -0.4 is 0 Å². The Bertz CT molecular complexity index is 1330. The first-order chi connectivity index (χ1) is 17.7. The molecule has 0 heterocycles. The number of halogens is 8. The molecule has 0 aliphatic rings. The normalized spacial score (nSPS) is 14.7. The van der Waals surface area contributed by atoms with E-state index in [1.165, 1.54) is 14.7 Å². The van der Waals surface area contributed by atoms with Gasteiger partial charge in [-0.05, 0) is 36.4 Å². The van der Waals surface area contributed by atoms with Crippen molar-refractivity contribution in [1.82, 2.24) is 0 Å². The van der Waals surface area contributed by atoms with Crippen LogP contribution in [0.25, 0.3) is 0 Å². The molecule has 3 aromatic carbocycles. The van der Waals surface area contributed by atoms with Gasteiger partial charge in [0.25, 0.3) is 0 Å². The van der Waals surface area contributed by atoms with Gasteiger partial charge >= 0.3 is 32.5 Å². The minimum atomic E-state index is -7.71. The van der Waals surface area contributed by atoms with Gasteiger partial charge in [-0.15, -0.1) is 0 Å². The van der Waals surface area contributed by atoms with Crippen molar-refractivity contribution in [2.24, 2.45) is 0 Å². The molecule has 0 spiro atoms. The highest BCUT2D eigenvalue weighted by atomic mass is 32.3. The van der Waals surface area contributed by atoms with Crippen molar-refractivity contribution in [2.75, 3.05) is 0 Å². The van der Waals surface area contributed by atoms with Gasteiger partial charge < -0.3 is 4.55 Å². The highest BCUT2D eigenvalue weighted by Crippen LogP contribution is 2.55. The van der Waals surface area contributed by atoms with Crippen LogP contribution in [-0.2, 0) is 31.1 Å². The summed E-state index contributed by atoms with van der Waals surface area (Å²) in [4.78, 5) is 4.08. The molecule has 6 nitrogen and oxygen atoms in total. The van der Waals surface area contributed by atoms with Gasteiger partial charge in [-0.2, -0.15) is 43.5 Å². The first-order valence-electron chi connectivity index (χ1n) is 10.0. The lowest BCUT2D eigenvalue weighted by atomic mass is 10.2. The lowest BCUT2D eigenvalue weighted by Crippen LogP contribution is -2.67. The van der Waals surface area contributed by atoms with E-state index < -0.39 is 42.6 Å². The van der Waals surface area contributed by atoms with Gasteiger partial charge in [-0.3, -0.25) is 4.55 Å². The SMILES string of the molecule is O=S(=O)([O-])C(F)(C(F)(F)C(F)(F)C(F)(F)F)S(=O)(=O)O.c1ccc([S+](c2ccccc2)c2ccccc2)cc1. The van der Waals surface area contributed by atoms with Crippen LogP contribution in [0.15, 0.2) is 106 Å². The zero-order valence-electron chi connectivity index (χ0n) is 18.9. The molecule has 0 radical (unpaired) electrons. The second-order valence-corrected chi connectivity index (χ2v) is 12.6. The van der Waals surface area contributed by atoms with Crippen LogP contribution in [0.4, 0.5) is 35.1 Å². The van der Waals surface area contributed by atoms with Crippen LogP contribution in [0, 0.1) is 0 Å². The van der Waals surface area contributed by atoms with E-state index in [4.69, 9.17) is 4.55 Å². The average molecular weight is 625 g/mol. The molecule has 0 saturated carbocycles. The molecule has 17 heteroatoms. The van der Waals surface area contributed by atoms with Crippen LogP contribution in [0.2, 0.25) is 0 Å². The predicted octanol–water partition coefficient (Wildman–Crippen LogP) is 5.66. The largest absolute Gasteiger partial charge is 0.744 e. The molecular weight excluding hydrogens is 608 g/mol. The van der Waals surface area contributed by atoms with E-state index in [-0.39, 0.29) is 10.9 Å². The molecule has 3 rings (SSSR count). The average Bonchev–Trinajstić information content (AvgIpc) is 2.84. The molecule has 1 atom stereocenters. The van der Waals surface area contributed by atoms with Gasteiger partial charge in [0.05, 0.1) is 10.9 Å². The molecule has 1 unspecified atom stereocenters. The van der Waals surface area contributed by atoms with Gasteiger partial charge in [0, 0.05) is 0 Å². The van der Waals surface area contributed by atoms with E-state index in [0.29, 0.717) is 0 Å². The molecule has 0 aromatic heterocycles. The van der Waals surface area contributed by atoms with Crippen molar-refractivity contribution in [3.63, 3.8) is 0 Å². The maximum Gasteiger partial charge on any atom is 0.460 e. The van der Waals surface area contributed by atoms with Crippen molar-refractivity contribution < 1.29 is 61.1 Å². The molecular formula is C22H16F8O6S3. The number of benzene rings is 3. The second kappa shape index (κ2) is 11.4. The number of rotatable bonds is 7. The van der Waals surface area contributed by atoms with Gasteiger partial charge in [-0.25, -0.2) is 8.42 Å². The summed E-state index contributed by atoms with van der Waals surface area (Å²) >= 11 is 0. The smallest absolute Gasteiger partial charge is 0.460 e. The molecule has 0 saturated heterocycles. The Hall–Kier alpha value is -2.73. The molecule has 0 aliphatic heterocycles. The van der Waals surface area contributed by atoms with Crippen LogP contribution in [-0.4, -0.2) is 48.3 Å². The maximum absolute atomic E-state index is 13.1. The summed E-state index contributed by atoms with van der Waals surface area (Å²) in [6, 6.07) is 32.2. The zero-order valence-corrected chi connectivity index (χ0v) is 21.3. The third-order valence-electron chi connectivity index (χ3n) is 4.72. The molecule has 3 aromatic rings. The Morgan fingerprint density at radius 1 is 0.564 bits per heavy atom. The molecule has 0 amide bonds. The van der Waals surface area contributed by atoms with Crippen molar-refractivity contribution in [3.8, 4) is 0 Å². The third kappa shape index (κ3) is 6.37. The van der Waals surface area contributed by atoms with Crippen LogP contribution in [0.5, 0.6) is 0 Å². The summed E-state index contributed by atoms with van der Waals surface area (Å²) in [6.07, 6.45) is -7.33. The molecule has 214 valence electrons. The van der Waals surface area contributed by atoms with E-state index in [9.17, 15) is 56.5 Å². The highest BCUT2D eigenvalue weighted by molar-refractivity contribution is 8.05. The van der Waals surface area contributed by atoms with E-state index in [1.807, 2.05) is 0 Å². The summed E-state index contributed by atoms with van der Waals surface area (Å²) < 4.78 is 150. The lowest BCUT2D eigenvalue weighted by molar-refractivity contribution is -0.364. The maximum atomic E-state index is 13.1. The molecule has 0 bridgehead atoms. The Kier molecular flexibility index (Phi) is 9.50. The van der Waals surface area contributed by atoms with Crippen molar-refractivity contribution in [2.45, 2.75) is 37.0 Å². The second-order valence-electron chi connectivity index (χ2n) is 7.36. The lowest BCUT2D eigenvalue weighted by Gasteiger charge is -2.36. The third-order valence-corrected chi connectivity index (χ3v) is 10.0. The first kappa shape index (κ1) is 32.5. The van der Waals surface area contributed by atoms with Crippen LogP contribution >= 0.6 is 0 Å². The minimum absolute atomic E-state index is 0.0146. The molecule has 0 fully saturated rings. The Morgan fingerprint density at radius 3 is 1.05 bits per heavy atom. The predicted molar refractivity (Wildman–Crippen MR) is 123 cm³/mol. The standard InChI is InChI=1S/C18H15S.C4H2F8O6S2/c1-4-10-16(11-5-1)19(17-12-6-2-7-13-17)18-14-8-3-9-15-18;5-1(6,3(9,10)11)2(7,8)4(12,19(13,14)15)20(16,17)18/h1-15H;(H,13,14,15)(H,16,17,18)/q+1;/p-1. The molecule has 0 aliphatic carbocycles. The Morgan fingerprint density at radius 2 is 0.846 bits per heavy atom. The number of alkyl halides is 8. The van der Waals surface area contributed by atoms with E-state index in [0.717, 1.165) is 0 Å². The number of hydrogen-bond donors (Lipinski definition) is 1. The summed E-state index contributed by atoms with van der Waals surface area (Å²) in [5.74, 6) is -15.3. The quantitative estimate of drug-likeness (QED) is 0.207. The summed E-state index contributed by atoms with van der Waals surface area (Å²) in [5, 5.41) is 0. The summed E-state index contributed by atoms with van der Waals surface area (Å²) in [5.41, 5.74) is 0. The fourth-order valence-electron chi connectivity index (χ4n) is 2.89. The van der Waals surface area contributed by atoms with E-state index >= 15 is 0 Å². The Labute approximate surface area is 220 Å². The fraction of sp³-hybridized carbons (Fsp3) is 0.182. The fourth-order valence-corrected chi connectivity index (χ4v) is 6.92. The van der Waals surface area contributed by atoms with Crippen molar-refractivity contribution >= 4 is 31.1 Å². The minimum Gasteiger partial charge on any atom is -0.744 e. The van der Waals surface area contributed by atoms with Crippen LogP contribution in [0.1, 0.15) is 0 Å². The van der Waals surface area contributed by atoms with E-state index in [2.05, 4.69) is 91.0 Å². The monoisotopic (exact) mass is 624 g/mol. The zero-order chi connectivity index (χ0) is 29.9. The van der Waals surface area contributed by atoms with Gasteiger partial charge in [0.1, 0.15) is 0 Å². The topological polar surface area (TPSA) is 112 Å².